The molecule has 0 aromatic carbocycles. The second-order valence-corrected chi connectivity index (χ2v) is 6.97. The zero-order valence-electron chi connectivity index (χ0n) is 12.8. The van der Waals surface area contributed by atoms with Crippen LogP contribution in [-0.4, -0.2) is 31.6 Å². The van der Waals surface area contributed by atoms with Crippen LogP contribution >= 0.6 is 34.5 Å². The smallest absolute Gasteiger partial charge is 0.269 e. The number of carbonyl (C=O) groups is 1. The van der Waals surface area contributed by atoms with Crippen LogP contribution in [0.4, 0.5) is 0 Å². The Bertz CT molecular complexity index is 991. The summed E-state index contributed by atoms with van der Waals surface area (Å²) in [7, 11) is 0. The third-order valence-electron chi connectivity index (χ3n) is 3.31. The van der Waals surface area contributed by atoms with E-state index in [4.69, 9.17) is 23.2 Å². The van der Waals surface area contributed by atoms with Gasteiger partial charge in [0.15, 0.2) is 10.1 Å². The van der Waals surface area contributed by atoms with Gasteiger partial charge in [-0.3, -0.25) is 9.59 Å². The molecule has 0 radical (unpaired) electrons. The average molecular weight is 386 g/mol. The van der Waals surface area contributed by atoms with Gasteiger partial charge in [-0.1, -0.05) is 23.2 Å². The molecule has 3 heterocycles. The van der Waals surface area contributed by atoms with Gasteiger partial charge in [-0.2, -0.15) is 5.10 Å². The van der Waals surface area contributed by atoms with E-state index in [1.54, 1.807) is 6.92 Å². The Kier molecular flexibility index (Phi) is 4.62. The molecule has 0 aliphatic rings. The highest BCUT2D eigenvalue weighted by molar-refractivity contribution is 7.17. The molecule has 7 nitrogen and oxygen atoms in total. The molecule has 3 rings (SSSR count). The number of nitrogens with one attached hydrogen (secondary N) is 1. The number of hydrogen-bond donors (Lipinski definition) is 1. The molecular formula is C14H13Cl2N5O2S. The summed E-state index contributed by atoms with van der Waals surface area (Å²) < 4.78 is 2.78. The monoisotopic (exact) mass is 385 g/mol. The molecule has 0 atom stereocenters. The fourth-order valence-corrected chi connectivity index (χ4v) is 3.78. The number of aromatic nitrogens is 4. The van der Waals surface area contributed by atoms with Crippen molar-refractivity contribution in [3.63, 3.8) is 0 Å². The predicted octanol–water partition coefficient (Wildman–Crippen LogP) is 2.37. The van der Waals surface area contributed by atoms with Crippen molar-refractivity contribution >= 4 is 45.4 Å². The van der Waals surface area contributed by atoms with Gasteiger partial charge in [0.1, 0.15) is 10.8 Å². The zero-order chi connectivity index (χ0) is 17.4. The molecule has 0 bridgehead atoms. The zero-order valence-corrected chi connectivity index (χ0v) is 15.2. The highest BCUT2D eigenvalue weighted by atomic mass is 35.5. The van der Waals surface area contributed by atoms with Gasteiger partial charge in [0, 0.05) is 23.6 Å². The molecule has 3 aromatic rings. The van der Waals surface area contributed by atoms with Gasteiger partial charge in [-0.15, -0.1) is 11.3 Å². The number of halogens is 2. The fraction of sp³-hybridized carbons (Fsp3) is 0.286. The summed E-state index contributed by atoms with van der Waals surface area (Å²) in [5.74, 6) is -0.292. The van der Waals surface area contributed by atoms with Crippen molar-refractivity contribution in [1.82, 2.24) is 24.5 Å². The molecule has 0 saturated heterocycles. The summed E-state index contributed by atoms with van der Waals surface area (Å²) in [6.07, 6.45) is 0. The lowest BCUT2D eigenvalue weighted by atomic mass is 10.3. The van der Waals surface area contributed by atoms with Crippen LogP contribution in [0, 0.1) is 6.92 Å². The number of rotatable bonds is 4. The first kappa shape index (κ1) is 16.9. The highest BCUT2D eigenvalue weighted by Crippen LogP contribution is 2.21. The van der Waals surface area contributed by atoms with Crippen molar-refractivity contribution in [3.05, 3.63) is 49.1 Å². The number of aryl methyl sites for hydroxylation is 1. The number of amides is 1. The molecule has 126 valence electrons. The third kappa shape index (κ3) is 3.04. The van der Waals surface area contributed by atoms with Crippen LogP contribution in [-0.2, 0) is 6.54 Å². The Morgan fingerprint density at radius 3 is 2.75 bits per heavy atom. The van der Waals surface area contributed by atoms with Crippen LogP contribution in [0.15, 0.2) is 16.9 Å². The first-order valence-corrected chi connectivity index (χ1v) is 8.67. The van der Waals surface area contributed by atoms with Gasteiger partial charge in [0.05, 0.1) is 12.2 Å². The molecule has 10 heteroatoms. The molecule has 0 unspecified atom stereocenters. The maximum atomic E-state index is 12.5. The van der Waals surface area contributed by atoms with E-state index in [0.29, 0.717) is 28.0 Å². The van der Waals surface area contributed by atoms with Crippen molar-refractivity contribution in [2.24, 2.45) is 0 Å². The normalized spacial score (nSPS) is 11.2. The van der Waals surface area contributed by atoms with Crippen molar-refractivity contribution < 1.29 is 4.79 Å². The minimum atomic E-state index is -0.324. The van der Waals surface area contributed by atoms with Gasteiger partial charge >= 0.3 is 0 Å². The van der Waals surface area contributed by atoms with Crippen LogP contribution in [0.25, 0.3) is 4.96 Å². The van der Waals surface area contributed by atoms with Crippen LogP contribution in [0.1, 0.15) is 28.0 Å². The van der Waals surface area contributed by atoms with Crippen LogP contribution in [0.2, 0.25) is 10.3 Å². The van der Waals surface area contributed by atoms with Crippen molar-refractivity contribution in [3.8, 4) is 0 Å². The van der Waals surface area contributed by atoms with E-state index in [-0.39, 0.29) is 23.2 Å². The molecule has 3 aromatic heterocycles. The molecule has 0 saturated carbocycles. The number of carbonyl (C=O) groups excluding carboxylic acids is 1. The molecule has 0 fully saturated rings. The van der Waals surface area contributed by atoms with Gasteiger partial charge in [-0.25, -0.2) is 14.1 Å². The van der Waals surface area contributed by atoms with Crippen LogP contribution in [0.3, 0.4) is 0 Å². The Labute approximate surface area is 150 Å². The number of hydrogen-bond acceptors (Lipinski definition) is 5. The third-order valence-corrected chi connectivity index (χ3v) is 4.75. The average Bonchev–Trinajstić information content (AvgIpc) is 2.98. The van der Waals surface area contributed by atoms with Gasteiger partial charge in [-0.05, 0) is 13.8 Å². The van der Waals surface area contributed by atoms with E-state index in [1.165, 1.54) is 32.6 Å². The summed E-state index contributed by atoms with van der Waals surface area (Å²) in [5.41, 5.74) is 0.487. The van der Waals surface area contributed by atoms with Crippen LogP contribution < -0.4 is 10.9 Å². The van der Waals surface area contributed by atoms with Gasteiger partial charge in [0.25, 0.3) is 11.5 Å². The Morgan fingerprint density at radius 2 is 2.12 bits per heavy atom. The molecular weight excluding hydrogens is 373 g/mol. The lowest BCUT2D eigenvalue weighted by Gasteiger charge is -2.05. The van der Waals surface area contributed by atoms with E-state index in [2.05, 4.69) is 15.4 Å². The Morgan fingerprint density at radius 1 is 1.38 bits per heavy atom. The van der Waals surface area contributed by atoms with Crippen LogP contribution in [0.5, 0.6) is 0 Å². The summed E-state index contributed by atoms with van der Waals surface area (Å²) >= 11 is 13.1. The summed E-state index contributed by atoms with van der Waals surface area (Å²) in [6, 6.07) is 2.88. The summed E-state index contributed by atoms with van der Waals surface area (Å²) in [4.78, 5) is 30.3. The largest absolute Gasteiger partial charge is 0.351 e. The number of nitrogens with zero attached hydrogens (tertiary/aromatic N) is 4. The maximum Gasteiger partial charge on any atom is 0.269 e. The van der Waals surface area contributed by atoms with Crippen molar-refractivity contribution in [2.45, 2.75) is 20.4 Å². The molecule has 0 spiro atoms. The van der Waals surface area contributed by atoms with E-state index in [1.807, 2.05) is 6.92 Å². The molecule has 1 amide bonds. The SMILES string of the molecule is CCNC(=O)c1c(C)sc2nc(Cn3nc(Cl)cc3Cl)cc(=O)n12. The molecule has 24 heavy (non-hydrogen) atoms. The predicted molar refractivity (Wildman–Crippen MR) is 93.4 cm³/mol. The molecule has 0 aliphatic heterocycles. The van der Waals surface area contributed by atoms with E-state index < -0.39 is 0 Å². The first-order valence-electron chi connectivity index (χ1n) is 7.09. The van der Waals surface area contributed by atoms with Gasteiger partial charge < -0.3 is 5.32 Å². The van der Waals surface area contributed by atoms with Crippen molar-refractivity contribution in [1.29, 1.82) is 0 Å². The number of thiazole rings is 1. The maximum absolute atomic E-state index is 12.5. The summed E-state index contributed by atoms with van der Waals surface area (Å²) in [5, 5.41) is 7.36. The highest BCUT2D eigenvalue weighted by Gasteiger charge is 2.19. The topological polar surface area (TPSA) is 81.3 Å². The van der Waals surface area contributed by atoms with E-state index in [9.17, 15) is 9.59 Å². The second kappa shape index (κ2) is 6.54. The van der Waals surface area contributed by atoms with Crippen molar-refractivity contribution in [2.75, 3.05) is 6.54 Å². The minimum absolute atomic E-state index is 0.213. The fourth-order valence-electron chi connectivity index (χ4n) is 2.34. The first-order chi connectivity index (χ1) is 11.4. The second-order valence-electron chi connectivity index (χ2n) is 5.02. The summed E-state index contributed by atoms with van der Waals surface area (Å²) in [6.45, 7) is 4.30. The lowest BCUT2D eigenvalue weighted by molar-refractivity contribution is 0.0949. The Balaban J connectivity index is 2.07. The quantitative estimate of drug-likeness (QED) is 0.747. The Hall–Kier alpha value is -1.90. The minimum Gasteiger partial charge on any atom is -0.351 e. The molecule has 0 aliphatic carbocycles. The number of fused-ring (bicyclic) bond motifs is 1. The van der Waals surface area contributed by atoms with Gasteiger partial charge in [0.2, 0.25) is 0 Å². The lowest BCUT2D eigenvalue weighted by Crippen LogP contribution is -2.28. The van der Waals surface area contributed by atoms with E-state index in [0.717, 1.165) is 4.88 Å². The molecule has 1 N–H and O–H groups in total. The standard InChI is InChI=1S/C14H13Cl2N5O2S/c1-3-17-13(23)12-7(2)24-14-18-8(4-11(22)21(12)14)6-20-10(16)5-9(15)19-20/h4-5H,3,6H2,1-2H3,(H,17,23). The van der Waals surface area contributed by atoms with E-state index >= 15 is 0 Å².